The molecular formula is C11H9NO4. The van der Waals surface area contributed by atoms with Gasteiger partial charge in [-0.15, -0.1) is 0 Å². The number of hydrogen-bond acceptors (Lipinski definition) is 5. The number of phenolic OH excluding ortho intramolecular Hbond substituents is 3. The van der Waals surface area contributed by atoms with Crippen LogP contribution >= 0.6 is 0 Å². The van der Waals surface area contributed by atoms with E-state index in [0.717, 1.165) is 12.1 Å². The number of ketones is 1. The number of nitrogens with zero attached hydrogens (tertiary/aromatic N) is 1. The SMILES string of the molecule is N#CC1(c2c(O)cc(O)cc2O)CC(=O)C1. The molecule has 0 bridgehead atoms. The molecule has 1 fully saturated rings. The highest BCUT2D eigenvalue weighted by Crippen LogP contribution is 2.49. The fourth-order valence-electron chi connectivity index (χ4n) is 2.02. The predicted octanol–water partition coefficient (Wildman–Crippen LogP) is 0.928. The van der Waals surface area contributed by atoms with Crippen LogP contribution in [0, 0.1) is 11.3 Å². The van der Waals surface area contributed by atoms with E-state index in [-0.39, 0.29) is 41.4 Å². The van der Waals surface area contributed by atoms with Crippen LogP contribution in [0.1, 0.15) is 18.4 Å². The van der Waals surface area contributed by atoms with Gasteiger partial charge in [-0.1, -0.05) is 0 Å². The first-order valence-electron chi connectivity index (χ1n) is 4.67. The van der Waals surface area contributed by atoms with E-state index in [1.54, 1.807) is 0 Å². The Morgan fingerprint density at radius 1 is 1.19 bits per heavy atom. The van der Waals surface area contributed by atoms with Crippen molar-refractivity contribution in [2.45, 2.75) is 18.3 Å². The lowest BCUT2D eigenvalue weighted by atomic mass is 9.64. The summed E-state index contributed by atoms with van der Waals surface area (Å²) in [5.41, 5.74) is -1.13. The number of carbonyl (C=O) groups is 1. The van der Waals surface area contributed by atoms with Crippen molar-refractivity contribution in [3.8, 4) is 23.3 Å². The number of aromatic hydroxyl groups is 3. The molecule has 2 rings (SSSR count). The summed E-state index contributed by atoms with van der Waals surface area (Å²) < 4.78 is 0. The maximum atomic E-state index is 11.0. The molecule has 0 aromatic heterocycles. The van der Waals surface area contributed by atoms with Crippen molar-refractivity contribution in [3.63, 3.8) is 0 Å². The van der Waals surface area contributed by atoms with Crippen LogP contribution in [0.25, 0.3) is 0 Å². The Morgan fingerprint density at radius 2 is 1.69 bits per heavy atom. The zero-order valence-corrected chi connectivity index (χ0v) is 8.27. The minimum atomic E-state index is -1.15. The Kier molecular flexibility index (Phi) is 2.02. The molecule has 0 spiro atoms. The van der Waals surface area contributed by atoms with E-state index in [0.29, 0.717) is 0 Å². The summed E-state index contributed by atoms with van der Waals surface area (Å²) in [5.74, 6) is -1.12. The number of hydrogen-bond donors (Lipinski definition) is 3. The van der Waals surface area contributed by atoms with Crippen molar-refractivity contribution in [1.82, 2.24) is 0 Å². The van der Waals surface area contributed by atoms with Gasteiger partial charge in [0.25, 0.3) is 0 Å². The third kappa shape index (κ3) is 1.27. The largest absolute Gasteiger partial charge is 0.508 e. The summed E-state index contributed by atoms with van der Waals surface area (Å²) in [6.45, 7) is 0. The van der Waals surface area contributed by atoms with Gasteiger partial charge in [0, 0.05) is 25.0 Å². The zero-order chi connectivity index (χ0) is 11.9. The van der Waals surface area contributed by atoms with Crippen LogP contribution in [0.4, 0.5) is 0 Å². The standard InChI is InChI=1S/C11H9NO4/c12-5-11(3-7(14)4-11)10-8(15)1-6(13)2-9(10)16/h1-2,13,15-16H,3-4H2. The third-order valence-corrected chi connectivity index (χ3v) is 2.77. The summed E-state index contributed by atoms with van der Waals surface area (Å²) in [6.07, 6.45) is -0.0369. The Morgan fingerprint density at radius 3 is 2.06 bits per heavy atom. The quantitative estimate of drug-likeness (QED) is 0.652. The van der Waals surface area contributed by atoms with Crippen molar-refractivity contribution in [3.05, 3.63) is 17.7 Å². The number of phenols is 3. The maximum Gasteiger partial charge on any atom is 0.136 e. The molecule has 0 heterocycles. The van der Waals surface area contributed by atoms with Gasteiger partial charge in [-0.3, -0.25) is 4.79 Å². The molecule has 1 aromatic rings. The van der Waals surface area contributed by atoms with E-state index < -0.39 is 5.41 Å². The molecule has 82 valence electrons. The molecule has 5 nitrogen and oxygen atoms in total. The highest BCUT2D eigenvalue weighted by molar-refractivity contribution is 5.91. The second-order valence-electron chi connectivity index (χ2n) is 3.95. The predicted molar refractivity (Wildman–Crippen MR) is 53.0 cm³/mol. The summed E-state index contributed by atoms with van der Waals surface area (Å²) >= 11 is 0. The van der Waals surface area contributed by atoms with Crippen molar-refractivity contribution in [2.75, 3.05) is 0 Å². The number of Topliss-reactive ketones (excluding diaryl/α,β-unsaturated/α-hetero) is 1. The summed E-state index contributed by atoms with van der Waals surface area (Å²) in [7, 11) is 0. The molecule has 5 heteroatoms. The van der Waals surface area contributed by atoms with E-state index >= 15 is 0 Å². The molecule has 16 heavy (non-hydrogen) atoms. The first kappa shape index (κ1) is 10.3. The van der Waals surface area contributed by atoms with Crippen molar-refractivity contribution in [2.24, 2.45) is 0 Å². The Balaban J connectivity index is 2.57. The number of benzene rings is 1. The minimum Gasteiger partial charge on any atom is -0.508 e. The Bertz CT molecular complexity index is 484. The van der Waals surface area contributed by atoms with Gasteiger partial charge in [0.1, 0.15) is 28.4 Å². The molecular weight excluding hydrogens is 210 g/mol. The molecule has 1 aromatic carbocycles. The highest BCUT2D eigenvalue weighted by Gasteiger charge is 2.48. The van der Waals surface area contributed by atoms with Gasteiger partial charge in [0.15, 0.2) is 0 Å². The molecule has 0 atom stereocenters. The van der Waals surface area contributed by atoms with Crippen molar-refractivity contribution < 1.29 is 20.1 Å². The monoisotopic (exact) mass is 219 g/mol. The summed E-state index contributed by atoms with van der Waals surface area (Å²) in [4.78, 5) is 11.0. The van der Waals surface area contributed by atoms with Crippen molar-refractivity contribution >= 4 is 5.78 Å². The molecule has 3 N–H and O–H groups in total. The highest BCUT2D eigenvalue weighted by atomic mass is 16.3. The first-order valence-corrected chi connectivity index (χ1v) is 4.67. The van der Waals surface area contributed by atoms with Crippen molar-refractivity contribution in [1.29, 1.82) is 5.26 Å². The second-order valence-corrected chi connectivity index (χ2v) is 3.95. The fourth-order valence-corrected chi connectivity index (χ4v) is 2.02. The fraction of sp³-hybridized carbons (Fsp3) is 0.273. The molecule has 0 amide bonds. The number of rotatable bonds is 1. The average molecular weight is 219 g/mol. The van der Waals surface area contributed by atoms with Gasteiger partial charge in [-0.2, -0.15) is 5.26 Å². The van der Waals surface area contributed by atoms with Crippen LogP contribution in [-0.2, 0) is 10.2 Å². The van der Waals surface area contributed by atoms with Gasteiger partial charge in [0.2, 0.25) is 0 Å². The lowest BCUT2D eigenvalue weighted by molar-refractivity contribution is -0.126. The first-order chi connectivity index (χ1) is 7.48. The van der Waals surface area contributed by atoms with Crippen LogP contribution in [0.15, 0.2) is 12.1 Å². The molecule has 0 saturated heterocycles. The van der Waals surface area contributed by atoms with Gasteiger partial charge in [-0.25, -0.2) is 0 Å². The van der Waals surface area contributed by atoms with Crippen LogP contribution in [-0.4, -0.2) is 21.1 Å². The molecule has 1 aliphatic carbocycles. The molecule has 1 aliphatic rings. The summed E-state index contributed by atoms with van der Waals surface area (Å²) in [5, 5.41) is 37.4. The number of nitriles is 1. The second kappa shape index (κ2) is 3.14. The lowest BCUT2D eigenvalue weighted by Crippen LogP contribution is -2.40. The van der Waals surface area contributed by atoms with E-state index in [4.69, 9.17) is 10.4 Å². The Labute approximate surface area is 91.2 Å². The van der Waals surface area contributed by atoms with E-state index in [1.165, 1.54) is 0 Å². The van der Waals surface area contributed by atoms with Crippen LogP contribution in [0.3, 0.4) is 0 Å². The molecule has 0 radical (unpaired) electrons. The van der Waals surface area contributed by atoms with E-state index in [9.17, 15) is 15.0 Å². The summed E-state index contributed by atoms with van der Waals surface area (Å²) in [6, 6.07) is 4.02. The zero-order valence-electron chi connectivity index (χ0n) is 8.27. The van der Waals surface area contributed by atoms with Gasteiger partial charge in [0.05, 0.1) is 11.6 Å². The topological polar surface area (TPSA) is 102 Å². The smallest absolute Gasteiger partial charge is 0.136 e. The van der Waals surface area contributed by atoms with Gasteiger partial charge < -0.3 is 15.3 Å². The molecule has 0 aliphatic heterocycles. The molecule has 1 saturated carbocycles. The molecule has 0 unspecified atom stereocenters. The van der Waals surface area contributed by atoms with Crippen LogP contribution in [0.2, 0.25) is 0 Å². The van der Waals surface area contributed by atoms with Crippen LogP contribution in [0.5, 0.6) is 17.2 Å². The maximum absolute atomic E-state index is 11.0. The lowest BCUT2D eigenvalue weighted by Gasteiger charge is -2.34. The Hall–Kier alpha value is -2.22. The average Bonchev–Trinajstić information content (AvgIpc) is 2.12. The third-order valence-electron chi connectivity index (χ3n) is 2.77. The van der Waals surface area contributed by atoms with Crippen LogP contribution < -0.4 is 0 Å². The normalized spacial score (nSPS) is 17.6. The minimum absolute atomic E-state index is 0.0185. The van der Waals surface area contributed by atoms with E-state index in [1.807, 2.05) is 6.07 Å². The van der Waals surface area contributed by atoms with Gasteiger partial charge >= 0.3 is 0 Å². The van der Waals surface area contributed by atoms with E-state index in [2.05, 4.69) is 0 Å². The van der Waals surface area contributed by atoms with Gasteiger partial charge in [-0.05, 0) is 0 Å². The number of carbonyl (C=O) groups excluding carboxylic acids is 1.